The third-order valence-electron chi connectivity index (χ3n) is 20.4. The molecule has 0 heterocycles. The second kappa shape index (κ2) is 74.2. The largest absolute Gasteiger partial charge is 0.472 e. The van der Waals surface area contributed by atoms with Crippen molar-refractivity contribution in [1.29, 1.82) is 0 Å². The van der Waals surface area contributed by atoms with Crippen molar-refractivity contribution in [2.45, 2.75) is 458 Å². The van der Waals surface area contributed by atoms with Gasteiger partial charge in [0, 0.05) is 25.7 Å². The maximum Gasteiger partial charge on any atom is 0.472 e. The van der Waals surface area contributed by atoms with Crippen LogP contribution in [-0.2, 0) is 65.4 Å². The van der Waals surface area contributed by atoms with Crippen molar-refractivity contribution in [2.24, 2.45) is 17.8 Å². The van der Waals surface area contributed by atoms with Crippen LogP contribution < -0.4 is 0 Å². The lowest BCUT2D eigenvalue weighted by Gasteiger charge is -2.21. The number of hydrogen-bond donors (Lipinski definition) is 3. The molecule has 0 saturated carbocycles. The second-order valence-electron chi connectivity index (χ2n) is 31.2. The molecule has 3 N–H and O–H groups in total. The van der Waals surface area contributed by atoms with E-state index in [4.69, 9.17) is 37.0 Å². The lowest BCUT2D eigenvalue weighted by molar-refractivity contribution is -0.161. The van der Waals surface area contributed by atoms with Gasteiger partial charge >= 0.3 is 39.5 Å². The summed E-state index contributed by atoms with van der Waals surface area (Å²) < 4.78 is 68.8. The van der Waals surface area contributed by atoms with Crippen molar-refractivity contribution in [3.63, 3.8) is 0 Å². The van der Waals surface area contributed by atoms with Crippen molar-refractivity contribution < 1.29 is 80.2 Å². The third kappa shape index (κ3) is 75.3. The van der Waals surface area contributed by atoms with E-state index in [1.165, 1.54) is 250 Å². The molecule has 0 aromatic heterocycles. The van der Waals surface area contributed by atoms with Gasteiger partial charge in [-0.25, -0.2) is 9.13 Å². The van der Waals surface area contributed by atoms with Crippen molar-refractivity contribution in [2.75, 3.05) is 39.6 Å². The third-order valence-corrected chi connectivity index (χ3v) is 22.3. The summed E-state index contributed by atoms with van der Waals surface area (Å²) in [5, 5.41) is 10.7. The van der Waals surface area contributed by atoms with Crippen molar-refractivity contribution in [3.05, 3.63) is 0 Å². The van der Waals surface area contributed by atoms with Crippen LogP contribution in [0.1, 0.15) is 440 Å². The summed E-state index contributed by atoms with van der Waals surface area (Å²) >= 11 is 0. The zero-order chi connectivity index (χ0) is 75.8. The zero-order valence-electron chi connectivity index (χ0n) is 67.8. The average Bonchev–Trinajstić information content (AvgIpc) is 0.911. The first-order valence-corrected chi connectivity index (χ1v) is 46.4. The number of aliphatic hydroxyl groups is 1. The van der Waals surface area contributed by atoms with E-state index in [9.17, 15) is 43.2 Å². The SMILES string of the molecule is CCCCCCCCCCCCCCCCCCC(=O)OC[C@H](COP(=O)(O)OC[C@@H](O)COP(=O)(O)OC[C@@H](COC(=O)CCCCCCCCCCC(C)CC)OC(=O)CCCCCCCCCCCCC(C)C)OC(=O)CCCCCCCCCCCCCCCCCCCCC(C)CC. The molecule has 0 aromatic rings. The lowest BCUT2D eigenvalue weighted by Crippen LogP contribution is -2.30. The molecule has 0 aliphatic rings. The van der Waals surface area contributed by atoms with E-state index >= 15 is 0 Å². The summed E-state index contributed by atoms with van der Waals surface area (Å²) in [4.78, 5) is 73.1. The van der Waals surface area contributed by atoms with Crippen molar-refractivity contribution in [1.82, 2.24) is 0 Å². The minimum atomic E-state index is -4.96. The highest BCUT2D eigenvalue weighted by molar-refractivity contribution is 7.47. The molecular formula is C84H164O17P2. The van der Waals surface area contributed by atoms with Gasteiger partial charge in [-0.15, -0.1) is 0 Å². The number of carbonyl (C=O) groups excluding carboxylic acids is 4. The number of phosphoric acid groups is 2. The van der Waals surface area contributed by atoms with Gasteiger partial charge in [0.05, 0.1) is 26.4 Å². The van der Waals surface area contributed by atoms with Crippen LogP contribution in [-0.4, -0.2) is 96.7 Å². The van der Waals surface area contributed by atoms with Gasteiger partial charge in [-0.1, -0.05) is 389 Å². The summed E-state index contributed by atoms with van der Waals surface area (Å²) in [6.45, 7) is 12.0. The number of phosphoric ester groups is 2. The molecule has 0 aliphatic carbocycles. The Labute approximate surface area is 632 Å². The number of ether oxygens (including phenoxy) is 4. The Kier molecular flexibility index (Phi) is 72.8. The van der Waals surface area contributed by atoms with Gasteiger partial charge in [-0.3, -0.25) is 37.3 Å². The van der Waals surface area contributed by atoms with Crippen molar-refractivity contribution >= 4 is 39.5 Å². The fourth-order valence-electron chi connectivity index (χ4n) is 13.0. The first-order valence-electron chi connectivity index (χ1n) is 43.4. The van der Waals surface area contributed by atoms with Crippen LogP contribution in [0.15, 0.2) is 0 Å². The smallest absolute Gasteiger partial charge is 0.462 e. The van der Waals surface area contributed by atoms with E-state index in [1.54, 1.807) is 0 Å². The van der Waals surface area contributed by atoms with Gasteiger partial charge in [-0.05, 0) is 43.4 Å². The van der Waals surface area contributed by atoms with E-state index < -0.39 is 97.5 Å². The molecule has 0 aromatic carbocycles. The molecule has 19 heteroatoms. The predicted molar refractivity (Wildman–Crippen MR) is 423 cm³/mol. The van der Waals surface area contributed by atoms with Gasteiger partial charge in [0.2, 0.25) is 0 Å². The lowest BCUT2D eigenvalue weighted by atomic mass is 9.99. The Bertz CT molecular complexity index is 2000. The Morgan fingerprint density at radius 3 is 0.738 bits per heavy atom. The molecule has 0 fully saturated rings. The molecule has 0 saturated heterocycles. The Morgan fingerprint density at radius 1 is 0.282 bits per heavy atom. The highest BCUT2D eigenvalue weighted by atomic mass is 31.2. The molecule has 0 aliphatic heterocycles. The van der Waals surface area contributed by atoms with E-state index in [0.717, 1.165) is 108 Å². The van der Waals surface area contributed by atoms with Crippen LogP contribution in [0.2, 0.25) is 0 Å². The van der Waals surface area contributed by atoms with Gasteiger partial charge in [0.15, 0.2) is 12.2 Å². The molecule has 17 nitrogen and oxygen atoms in total. The van der Waals surface area contributed by atoms with Crippen LogP contribution in [0, 0.1) is 17.8 Å². The standard InChI is InChI=1S/C84H164O17P2/c1-8-11-12-13-14-15-16-17-18-24-27-30-36-44-51-58-65-81(86)94-71-79(100-83(88)67-60-53-46-37-31-28-25-22-20-19-21-23-26-29-35-42-49-56-63-76(6)9-2)73-98-102(90,91)96-69-78(85)70-97-103(92,93)99-74-80(72-95-82(87)66-59-52-45-40-39-43-50-57-64-77(7)10-3)101-84(89)68-61-54-47-38-33-32-34-41-48-55-62-75(4)5/h75-80,85H,8-74H2,1-7H3,(H,90,91)(H,92,93)/t76?,77?,78-,79-,80-/m1/s1. The van der Waals surface area contributed by atoms with Crippen LogP contribution >= 0.6 is 15.6 Å². The highest BCUT2D eigenvalue weighted by Gasteiger charge is 2.30. The van der Waals surface area contributed by atoms with E-state index in [2.05, 4.69) is 48.5 Å². The fraction of sp³-hybridized carbons (Fsp3) is 0.952. The first kappa shape index (κ1) is 101. The maximum atomic E-state index is 13.1. The Balaban J connectivity index is 5.24. The summed E-state index contributed by atoms with van der Waals surface area (Å²) in [5.74, 6) is 0.293. The van der Waals surface area contributed by atoms with E-state index in [1.807, 2.05) is 0 Å². The topological polar surface area (TPSA) is 237 Å². The summed E-state index contributed by atoms with van der Waals surface area (Å²) in [6, 6.07) is 0. The first-order chi connectivity index (χ1) is 49.8. The van der Waals surface area contributed by atoms with E-state index in [-0.39, 0.29) is 25.7 Å². The van der Waals surface area contributed by atoms with Gasteiger partial charge in [-0.2, -0.15) is 0 Å². The molecule has 7 atom stereocenters. The maximum absolute atomic E-state index is 13.1. The number of carbonyl (C=O) groups is 4. The van der Waals surface area contributed by atoms with Crippen LogP contribution in [0.3, 0.4) is 0 Å². The highest BCUT2D eigenvalue weighted by Crippen LogP contribution is 2.45. The normalized spacial score (nSPS) is 14.4. The second-order valence-corrected chi connectivity index (χ2v) is 34.1. The van der Waals surface area contributed by atoms with Crippen LogP contribution in [0.4, 0.5) is 0 Å². The molecule has 4 unspecified atom stereocenters. The van der Waals surface area contributed by atoms with E-state index in [0.29, 0.717) is 25.7 Å². The fourth-order valence-corrected chi connectivity index (χ4v) is 14.5. The minimum absolute atomic E-state index is 0.106. The van der Waals surface area contributed by atoms with Gasteiger partial charge in [0.25, 0.3) is 0 Å². The molecular weight excluding hydrogens is 1340 g/mol. The number of hydrogen-bond acceptors (Lipinski definition) is 15. The van der Waals surface area contributed by atoms with Gasteiger partial charge in [0.1, 0.15) is 19.3 Å². The number of unbranched alkanes of at least 4 members (excludes halogenated alkanes) is 48. The molecule has 0 rings (SSSR count). The quantitative estimate of drug-likeness (QED) is 0.0222. The van der Waals surface area contributed by atoms with Crippen LogP contribution in [0.5, 0.6) is 0 Å². The summed E-state index contributed by atoms with van der Waals surface area (Å²) in [6.07, 6.45) is 63.8. The predicted octanol–water partition coefficient (Wildman–Crippen LogP) is 25.3. The molecule has 0 amide bonds. The number of aliphatic hydroxyl groups excluding tert-OH is 1. The number of esters is 4. The minimum Gasteiger partial charge on any atom is -0.462 e. The van der Waals surface area contributed by atoms with Gasteiger partial charge < -0.3 is 33.8 Å². The monoisotopic (exact) mass is 1510 g/mol. The summed E-state index contributed by atoms with van der Waals surface area (Å²) in [7, 11) is -9.93. The molecule has 0 bridgehead atoms. The van der Waals surface area contributed by atoms with Crippen LogP contribution in [0.25, 0.3) is 0 Å². The Morgan fingerprint density at radius 2 is 0.495 bits per heavy atom. The average molecular weight is 1510 g/mol. The summed E-state index contributed by atoms with van der Waals surface area (Å²) in [5.41, 5.74) is 0. The zero-order valence-corrected chi connectivity index (χ0v) is 69.6. The molecule has 0 radical (unpaired) electrons. The Hall–Kier alpha value is -1.94. The van der Waals surface area contributed by atoms with Crippen molar-refractivity contribution in [3.8, 4) is 0 Å². The molecule has 103 heavy (non-hydrogen) atoms. The molecule has 612 valence electrons. The number of rotatable bonds is 82. The molecule has 0 spiro atoms.